The van der Waals surface area contributed by atoms with Crippen molar-refractivity contribution in [3.8, 4) is 0 Å². The molecule has 0 unspecified atom stereocenters. The number of para-hydroxylation sites is 1. The zero-order valence-corrected chi connectivity index (χ0v) is 12.0. The van der Waals surface area contributed by atoms with Crippen molar-refractivity contribution in [3.63, 3.8) is 0 Å². The van der Waals surface area contributed by atoms with Crippen LogP contribution in [0.5, 0.6) is 0 Å². The zero-order chi connectivity index (χ0) is 13.2. The molecule has 102 valence electrons. The molecule has 2 nitrogen and oxygen atoms in total. The second kappa shape index (κ2) is 8.98. The van der Waals surface area contributed by atoms with Crippen LogP contribution in [0.25, 0.3) is 0 Å². The van der Waals surface area contributed by atoms with Crippen LogP contribution in [0.1, 0.15) is 44.6 Å². The number of anilines is 1. The minimum atomic E-state index is 0.838. The first kappa shape index (κ1) is 15.0. The van der Waals surface area contributed by atoms with Gasteiger partial charge in [-0.2, -0.15) is 0 Å². The van der Waals surface area contributed by atoms with Crippen molar-refractivity contribution in [2.45, 2.75) is 46.0 Å². The molecule has 1 rings (SSSR count). The van der Waals surface area contributed by atoms with Gasteiger partial charge in [0, 0.05) is 18.8 Å². The maximum absolute atomic E-state index is 5.50. The molecule has 0 aliphatic heterocycles. The van der Waals surface area contributed by atoms with E-state index in [9.17, 15) is 0 Å². The molecular weight excluding hydrogens is 220 g/mol. The van der Waals surface area contributed by atoms with Gasteiger partial charge in [0.1, 0.15) is 0 Å². The lowest BCUT2D eigenvalue weighted by molar-refractivity contribution is 0.610. The third kappa shape index (κ3) is 5.09. The molecule has 0 heterocycles. The van der Waals surface area contributed by atoms with Crippen LogP contribution in [-0.2, 0) is 0 Å². The molecule has 1 aromatic carbocycles. The summed E-state index contributed by atoms with van der Waals surface area (Å²) in [4.78, 5) is 2.48. The van der Waals surface area contributed by atoms with Gasteiger partial charge >= 0.3 is 0 Å². The van der Waals surface area contributed by atoms with Crippen LogP contribution < -0.4 is 10.6 Å². The van der Waals surface area contributed by atoms with Gasteiger partial charge in [0.25, 0.3) is 0 Å². The monoisotopic (exact) mass is 248 g/mol. The van der Waals surface area contributed by atoms with Crippen LogP contribution >= 0.6 is 0 Å². The highest BCUT2D eigenvalue weighted by atomic mass is 15.1. The number of hydrogen-bond donors (Lipinski definition) is 1. The Morgan fingerprint density at radius 3 is 2.33 bits per heavy atom. The Kier molecular flexibility index (Phi) is 7.51. The fourth-order valence-electron chi connectivity index (χ4n) is 2.34. The molecule has 2 heteroatoms. The van der Waals surface area contributed by atoms with Crippen LogP contribution in [0.3, 0.4) is 0 Å². The van der Waals surface area contributed by atoms with Crippen molar-refractivity contribution in [2.24, 2.45) is 5.73 Å². The second-order valence-corrected chi connectivity index (χ2v) is 4.92. The molecule has 0 aliphatic carbocycles. The molecule has 0 atom stereocenters. The van der Waals surface area contributed by atoms with Crippen molar-refractivity contribution in [2.75, 3.05) is 24.5 Å². The molecule has 0 saturated carbocycles. The summed E-state index contributed by atoms with van der Waals surface area (Å²) in [5.74, 6) is 0. The highest BCUT2D eigenvalue weighted by molar-refractivity contribution is 5.52. The normalized spacial score (nSPS) is 10.6. The lowest BCUT2D eigenvalue weighted by atomic mass is 10.1. The third-order valence-corrected chi connectivity index (χ3v) is 3.47. The molecule has 0 bridgehead atoms. The van der Waals surface area contributed by atoms with Crippen molar-refractivity contribution >= 4 is 5.69 Å². The predicted molar refractivity (Wildman–Crippen MR) is 81.2 cm³/mol. The molecule has 0 fully saturated rings. The van der Waals surface area contributed by atoms with E-state index in [1.54, 1.807) is 0 Å². The highest BCUT2D eigenvalue weighted by Crippen LogP contribution is 2.19. The lowest BCUT2D eigenvalue weighted by Gasteiger charge is -2.24. The summed E-state index contributed by atoms with van der Waals surface area (Å²) in [6.07, 6.45) is 6.39. The van der Waals surface area contributed by atoms with Gasteiger partial charge in [0.2, 0.25) is 0 Å². The number of aryl methyl sites for hydroxylation is 1. The summed E-state index contributed by atoms with van der Waals surface area (Å²) in [5, 5.41) is 0. The standard InChI is InChI=1S/C16H28N2/c1-3-18(14-10-6-4-5-9-13-17)16-12-8-7-11-15(16)2/h7-8,11-12H,3-6,9-10,13-14,17H2,1-2H3. The lowest BCUT2D eigenvalue weighted by Crippen LogP contribution is -2.24. The van der Waals surface area contributed by atoms with Gasteiger partial charge in [-0.05, 0) is 44.9 Å². The van der Waals surface area contributed by atoms with Crippen molar-refractivity contribution in [1.82, 2.24) is 0 Å². The maximum Gasteiger partial charge on any atom is 0.0395 e. The van der Waals surface area contributed by atoms with E-state index < -0.39 is 0 Å². The molecule has 0 amide bonds. The molecule has 0 radical (unpaired) electrons. The van der Waals surface area contributed by atoms with Gasteiger partial charge in [0.05, 0.1) is 0 Å². The zero-order valence-electron chi connectivity index (χ0n) is 12.0. The van der Waals surface area contributed by atoms with Gasteiger partial charge in [-0.25, -0.2) is 0 Å². The van der Waals surface area contributed by atoms with Gasteiger partial charge in [0.15, 0.2) is 0 Å². The van der Waals surface area contributed by atoms with Crippen LogP contribution in [0.4, 0.5) is 5.69 Å². The van der Waals surface area contributed by atoms with Crippen molar-refractivity contribution in [3.05, 3.63) is 29.8 Å². The Hall–Kier alpha value is -1.02. The summed E-state index contributed by atoms with van der Waals surface area (Å²) in [7, 11) is 0. The van der Waals surface area contributed by atoms with Crippen LogP contribution in [-0.4, -0.2) is 19.6 Å². The Morgan fingerprint density at radius 1 is 1.00 bits per heavy atom. The average Bonchev–Trinajstić information content (AvgIpc) is 2.39. The Balaban J connectivity index is 2.32. The minimum Gasteiger partial charge on any atom is -0.372 e. The van der Waals surface area contributed by atoms with E-state index >= 15 is 0 Å². The first-order chi connectivity index (χ1) is 8.79. The van der Waals surface area contributed by atoms with Gasteiger partial charge in [-0.15, -0.1) is 0 Å². The molecule has 1 aromatic rings. The molecule has 0 aromatic heterocycles. The van der Waals surface area contributed by atoms with E-state index in [0.717, 1.165) is 13.1 Å². The molecule has 2 N–H and O–H groups in total. The van der Waals surface area contributed by atoms with Crippen LogP contribution in [0.15, 0.2) is 24.3 Å². The molecular formula is C16H28N2. The summed E-state index contributed by atoms with van der Waals surface area (Å²) >= 11 is 0. The Bertz CT molecular complexity index is 323. The van der Waals surface area contributed by atoms with E-state index in [4.69, 9.17) is 5.73 Å². The fraction of sp³-hybridized carbons (Fsp3) is 0.625. The molecule has 18 heavy (non-hydrogen) atoms. The molecule has 0 spiro atoms. The topological polar surface area (TPSA) is 29.3 Å². The first-order valence-corrected chi connectivity index (χ1v) is 7.30. The van der Waals surface area contributed by atoms with E-state index in [-0.39, 0.29) is 0 Å². The summed E-state index contributed by atoms with van der Waals surface area (Å²) in [6, 6.07) is 8.66. The number of unbranched alkanes of at least 4 members (excludes halogenated alkanes) is 4. The highest BCUT2D eigenvalue weighted by Gasteiger charge is 2.05. The van der Waals surface area contributed by atoms with Crippen molar-refractivity contribution in [1.29, 1.82) is 0 Å². The van der Waals surface area contributed by atoms with Gasteiger partial charge in [-0.1, -0.05) is 37.5 Å². The minimum absolute atomic E-state index is 0.838. The van der Waals surface area contributed by atoms with Gasteiger partial charge in [-0.3, -0.25) is 0 Å². The first-order valence-electron chi connectivity index (χ1n) is 7.30. The largest absolute Gasteiger partial charge is 0.372 e. The summed E-state index contributed by atoms with van der Waals surface area (Å²) in [6.45, 7) is 7.53. The summed E-state index contributed by atoms with van der Waals surface area (Å²) in [5.41, 5.74) is 8.27. The number of rotatable bonds is 9. The second-order valence-electron chi connectivity index (χ2n) is 4.92. The SMILES string of the molecule is CCN(CCCCCCCN)c1ccccc1C. The van der Waals surface area contributed by atoms with Crippen LogP contribution in [0.2, 0.25) is 0 Å². The van der Waals surface area contributed by atoms with Gasteiger partial charge < -0.3 is 10.6 Å². The quantitative estimate of drug-likeness (QED) is 0.675. The van der Waals surface area contributed by atoms with E-state index in [0.29, 0.717) is 0 Å². The van der Waals surface area contributed by atoms with Crippen molar-refractivity contribution < 1.29 is 0 Å². The summed E-state index contributed by atoms with van der Waals surface area (Å²) < 4.78 is 0. The smallest absolute Gasteiger partial charge is 0.0395 e. The van der Waals surface area contributed by atoms with E-state index in [1.807, 2.05) is 0 Å². The Labute approximate surface area is 112 Å². The molecule has 0 aliphatic rings. The Morgan fingerprint density at radius 2 is 1.67 bits per heavy atom. The predicted octanol–water partition coefficient (Wildman–Crippen LogP) is 3.73. The van der Waals surface area contributed by atoms with Crippen LogP contribution in [0, 0.1) is 6.92 Å². The van der Waals surface area contributed by atoms with E-state index in [2.05, 4.69) is 43.0 Å². The van der Waals surface area contributed by atoms with E-state index in [1.165, 1.54) is 49.9 Å². The third-order valence-electron chi connectivity index (χ3n) is 3.47. The molecule has 0 saturated heterocycles. The average molecular weight is 248 g/mol. The maximum atomic E-state index is 5.50. The number of nitrogens with zero attached hydrogens (tertiary/aromatic N) is 1. The number of benzene rings is 1. The number of hydrogen-bond acceptors (Lipinski definition) is 2. The fourth-order valence-corrected chi connectivity index (χ4v) is 2.34. The number of nitrogens with two attached hydrogens (primary N) is 1.